The molecule has 1 saturated carbocycles. The molecule has 7 rings (SSSR count). The molecule has 0 atom stereocenters. The van der Waals surface area contributed by atoms with Crippen LogP contribution in [0.4, 0.5) is 5.95 Å². The number of nitrogens with two attached hydrogens (primary N) is 1. The van der Waals surface area contributed by atoms with Crippen LogP contribution in [0.2, 0.25) is 10.0 Å². The van der Waals surface area contributed by atoms with Gasteiger partial charge in [-0.3, -0.25) is 9.59 Å². The zero-order chi connectivity index (χ0) is 34.0. The molecule has 1 aliphatic carbocycles. The highest BCUT2D eigenvalue weighted by Crippen LogP contribution is 2.28. The van der Waals surface area contributed by atoms with Gasteiger partial charge in [0.1, 0.15) is 11.3 Å². The van der Waals surface area contributed by atoms with E-state index in [-0.39, 0.29) is 16.4 Å². The van der Waals surface area contributed by atoms with Crippen LogP contribution in [-0.2, 0) is 9.84 Å². The third-order valence-corrected chi connectivity index (χ3v) is 9.45. The second-order valence-electron chi connectivity index (χ2n) is 11.5. The minimum Gasteiger partial charge on any atom is -0.351 e. The number of fused-ring (bicyclic) bond motifs is 2. The fourth-order valence-corrected chi connectivity index (χ4v) is 6.40. The summed E-state index contributed by atoms with van der Waals surface area (Å²) in [5.74, 6) is 0.527. The van der Waals surface area contributed by atoms with Gasteiger partial charge in [0, 0.05) is 73.8 Å². The number of benzene rings is 2. The summed E-state index contributed by atoms with van der Waals surface area (Å²) < 4.78 is 22.9. The summed E-state index contributed by atoms with van der Waals surface area (Å²) in [5, 5.41) is 5.27. The predicted octanol–water partition coefficient (Wildman–Crippen LogP) is 5.36. The summed E-state index contributed by atoms with van der Waals surface area (Å²) >= 11 is 12.3. The maximum atomic E-state index is 12.5. The molecule has 0 amide bonds. The molecule has 6 aromatic rings. The lowest BCUT2D eigenvalue weighted by Crippen LogP contribution is -2.33. The molecule has 0 saturated heterocycles. The van der Waals surface area contributed by atoms with Gasteiger partial charge in [-0.15, -0.1) is 0 Å². The zero-order valence-electron chi connectivity index (χ0n) is 25.6. The molecule has 0 unspecified atom stereocenters. The van der Waals surface area contributed by atoms with Crippen molar-refractivity contribution in [3.63, 3.8) is 0 Å². The van der Waals surface area contributed by atoms with Gasteiger partial charge in [-0.25, -0.2) is 23.4 Å². The molecule has 246 valence electrons. The average Bonchev–Trinajstić information content (AvgIpc) is 3.05. The largest absolute Gasteiger partial charge is 0.351 e. The number of hydrogen-bond donors (Lipinski definition) is 4. The quantitative estimate of drug-likeness (QED) is 0.170. The van der Waals surface area contributed by atoms with Crippen LogP contribution in [0.1, 0.15) is 25.7 Å². The highest BCUT2D eigenvalue weighted by Gasteiger charge is 2.19. The number of halogens is 2. The Kier molecular flexibility index (Phi) is 9.56. The summed E-state index contributed by atoms with van der Waals surface area (Å²) in [6, 6.07) is 18.2. The first kappa shape index (κ1) is 33.2. The lowest BCUT2D eigenvalue weighted by molar-refractivity contribution is 0.410. The Morgan fingerprint density at radius 2 is 1.25 bits per heavy atom. The maximum absolute atomic E-state index is 12.5. The first-order valence-electron chi connectivity index (χ1n) is 15.0. The van der Waals surface area contributed by atoms with Gasteiger partial charge >= 0.3 is 0 Å². The van der Waals surface area contributed by atoms with Crippen molar-refractivity contribution in [1.82, 2.24) is 29.9 Å². The molecular weight excluding hydrogens is 675 g/mol. The number of pyridine rings is 2. The first-order valence-corrected chi connectivity index (χ1v) is 17.6. The second kappa shape index (κ2) is 13.8. The van der Waals surface area contributed by atoms with Crippen LogP contribution in [0.15, 0.2) is 87.8 Å². The number of nitrogens with one attached hydrogen (secondary N) is 3. The molecule has 0 radical (unpaired) electrons. The van der Waals surface area contributed by atoms with E-state index in [1.54, 1.807) is 48.7 Å². The molecule has 2 aromatic carbocycles. The van der Waals surface area contributed by atoms with Crippen LogP contribution >= 0.6 is 23.2 Å². The maximum Gasteiger partial charge on any atom is 0.257 e. The molecule has 4 heterocycles. The van der Waals surface area contributed by atoms with Gasteiger partial charge in [-0.2, -0.15) is 4.98 Å². The summed E-state index contributed by atoms with van der Waals surface area (Å²) in [6.07, 6.45) is 8.09. The fraction of sp³-hybridized carbons (Fsp3) is 0.212. The van der Waals surface area contributed by atoms with Gasteiger partial charge in [0.15, 0.2) is 0 Å². The van der Waals surface area contributed by atoms with Crippen molar-refractivity contribution < 1.29 is 8.42 Å². The van der Waals surface area contributed by atoms with E-state index in [0.717, 1.165) is 37.3 Å². The van der Waals surface area contributed by atoms with E-state index < -0.39 is 15.4 Å². The van der Waals surface area contributed by atoms with Gasteiger partial charge < -0.3 is 21.0 Å². The van der Waals surface area contributed by atoms with Crippen molar-refractivity contribution >= 4 is 61.1 Å². The van der Waals surface area contributed by atoms with Crippen molar-refractivity contribution in [3.05, 3.63) is 104 Å². The number of aromatic nitrogens is 6. The number of H-pyrrole nitrogens is 2. The molecule has 0 bridgehead atoms. The van der Waals surface area contributed by atoms with Crippen LogP contribution in [0.25, 0.3) is 44.3 Å². The van der Waals surface area contributed by atoms with Crippen molar-refractivity contribution in [3.8, 4) is 22.3 Å². The number of sulfone groups is 1. The second-order valence-corrected chi connectivity index (χ2v) is 14.2. The highest BCUT2D eigenvalue weighted by atomic mass is 35.5. The van der Waals surface area contributed by atoms with Crippen molar-refractivity contribution in [2.75, 3.05) is 11.6 Å². The van der Waals surface area contributed by atoms with E-state index in [1.807, 2.05) is 18.2 Å². The Balaban J connectivity index is 0.000000170. The molecular formula is C33H30Cl2N8O4S. The minimum absolute atomic E-state index is 0.163. The van der Waals surface area contributed by atoms with Gasteiger partial charge in [0.05, 0.1) is 0 Å². The SMILES string of the molecule is CS(=O)(=O)c1ncc2cc(-c3ccccc3Cl)c(=O)[nH]c2n1.NC1CCC(Nc2ncc3cc(-c4ccccc4Cl)c(=O)[nH]c3n2)CC1. The zero-order valence-corrected chi connectivity index (χ0v) is 27.9. The molecule has 0 spiro atoms. The van der Waals surface area contributed by atoms with E-state index in [9.17, 15) is 18.0 Å². The Morgan fingerprint density at radius 3 is 1.77 bits per heavy atom. The van der Waals surface area contributed by atoms with E-state index in [4.69, 9.17) is 28.9 Å². The van der Waals surface area contributed by atoms with Crippen molar-refractivity contribution in [2.24, 2.45) is 5.73 Å². The molecule has 4 aromatic heterocycles. The highest BCUT2D eigenvalue weighted by molar-refractivity contribution is 7.90. The average molecular weight is 706 g/mol. The smallest absolute Gasteiger partial charge is 0.257 e. The van der Waals surface area contributed by atoms with Gasteiger partial charge in [-0.1, -0.05) is 59.6 Å². The normalized spacial score (nSPS) is 16.3. The summed E-state index contributed by atoms with van der Waals surface area (Å²) in [4.78, 5) is 46.7. The number of hydrogen-bond acceptors (Lipinski definition) is 10. The summed E-state index contributed by atoms with van der Waals surface area (Å²) in [5.41, 5.74) is 8.14. The molecule has 48 heavy (non-hydrogen) atoms. The van der Waals surface area contributed by atoms with Crippen molar-refractivity contribution in [2.45, 2.75) is 42.9 Å². The molecule has 0 aliphatic heterocycles. The van der Waals surface area contributed by atoms with Crippen LogP contribution in [0.5, 0.6) is 0 Å². The lowest BCUT2D eigenvalue weighted by atomic mass is 9.92. The Hall–Kier alpha value is -4.69. The van der Waals surface area contributed by atoms with Gasteiger partial charge in [0.2, 0.25) is 20.9 Å². The van der Waals surface area contributed by atoms with Crippen molar-refractivity contribution in [1.29, 1.82) is 0 Å². The standard InChI is InChI=1S/C19H20ClN5O.C14H10ClN3O3S/c20-16-4-2-1-3-14(16)15-9-11-10-22-19(25-17(11)24-18(15)26)23-13-7-5-12(21)6-8-13;1-22(20,21)14-16-7-8-6-10(13(19)17-12(8)18-14)9-4-2-3-5-11(9)15/h1-4,9-10,12-13H,5-8,21H2,(H2,22,23,24,25,26);2-7H,1H3,(H,16,17,18,19). The van der Waals surface area contributed by atoms with Gasteiger partial charge in [0.25, 0.3) is 11.1 Å². The Labute approximate surface area is 284 Å². The number of rotatable bonds is 5. The minimum atomic E-state index is -3.54. The number of nitrogens with zero attached hydrogens (tertiary/aromatic N) is 4. The third-order valence-electron chi connectivity index (χ3n) is 7.93. The molecule has 1 fully saturated rings. The first-order chi connectivity index (χ1) is 23.0. The van der Waals surface area contributed by atoms with Crippen LogP contribution < -0.4 is 22.2 Å². The molecule has 12 nitrogen and oxygen atoms in total. The van der Waals surface area contributed by atoms with Crippen LogP contribution in [0, 0.1) is 0 Å². The topological polar surface area (TPSA) is 189 Å². The van der Waals surface area contributed by atoms with E-state index in [1.165, 1.54) is 6.20 Å². The summed E-state index contributed by atoms with van der Waals surface area (Å²) in [6.45, 7) is 0. The number of anilines is 1. The van der Waals surface area contributed by atoms with Crippen LogP contribution in [0.3, 0.4) is 0 Å². The third kappa shape index (κ3) is 7.39. The Morgan fingerprint density at radius 1 is 0.750 bits per heavy atom. The monoisotopic (exact) mass is 704 g/mol. The fourth-order valence-electron chi connectivity index (χ4n) is 5.42. The van der Waals surface area contributed by atoms with E-state index >= 15 is 0 Å². The lowest BCUT2D eigenvalue weighted by Gasteiger charge is -2.26. The van der Waals surface area contributed by atoms with Gasteiger partial charge in [-0.05, 0) is 49.9 Å². The molecule has 1 aliphatic rings. The van der Waals surface area contributed by atoms with Crippen LogP contribution in [-0.4, -0.2) is 56.7 Å². The predicted molar refractivity (Wildman–Crippen MR) is 188 cm³/mol. The number of aromatic amines is 2. The molecule has 5 N–H and O–H groups in total. The molecule has 15 heteroatoms. The Bertz CT molecular complexity index is 2380. The van der Waals surface area contributed by atoms with E-state index in [2.05, 4.69) is 35.2 Å². The summed E-state index contributed by atoms with van der Waals surface area (Å²) in [7, 11) is -3.54. The van der Waals surface area contributed by atoms with E-state index in [0.29, 0.717) is 61.4 Å².